The molecule has 0 aliphatic rings. The average Bonchev–Trinajstić information content (AvgIpc) is 3.31. The maximum atomic E-state index is 12.0. The van der Waals surface area contributed by atoms with E-state index in [4.69, 9.17) is 9.15 Å². The Morgan fingerprint density at radius 1 is 1.25 bits per heavy atom. The van der Waals surface area contributed by atoms with Crippen LogP contribution in [-0.2, 0) is 0 Å². The molecule has 0 aliphatic heterocycles. The van der Waals surface area contributed by atoms with Gasteiger partial charge >= 0.3 is 0 Å². The highest BCUT2D eigenvalue weighted by Crippen LogP contribution is 2.25. The molecule has 0 saturated carbocycles. The van der Waals surface area contributed by atoms with Crippen molar-refractivity contribution in [2.24, 2.45) is 0 Å². The van der Waals surface area contributed by atoms with E-state index in [1.807, 2.05) is 24.3 Å². The summed E-state index contributed by atoms with van der Waals surface area (Å²) in [5.41, 5.74) is 0.845. The highest BCUT2D eigenvalue weighted by molar-refractivity contribution is 7.20. The van der Waals surface area contributed by atoms with E-state index in [0.29, 0.717) is 15.9 Å². The number of methoxy groups -OCH3 is 1. The number of anilines is 1. The molecule has 0 unspecified atom stereocenters. The van der Waals surface area contributed by atoms with Crippen molar-refractivity contribution in [3.8, 4) is 17.1 Å². The van der Waals surface area contributed by atoms with Crippen LogP contribution >= 0.6 is 11.3 Å². The van der Waals surface area contributed by atoms with E-state index in [1.165, 1.54) is 17.6 Å². The molecular weight excluding hydrogens is 330 g/mol. The Bertz CT molecular complexity index is 988. The molecule has 1 amide bonds. The minimum atomic E-state index is -0.365. The van der Waals surface area contributed by atoms with Crippen LogP contribution in [0.4, 0.5) is 5.13 Å². The molecule has 0 fully saturated rings. The third kappa shape index (κ3) is 2.50. The van der Waals surface area contributed by atoms with Crippen molar-refractivity contribution >= 4 is 27.3 Å². The Kier molecular flexibility index (Phi) is 3.47. The van der Waals surface area contributed by atoms with Gasteiger partial charge in [0.05, 0.1) is 13.4 Å². The monoisotopic (exact) mass is 341 g/mol. The van der Waals surface area contributed by atoms with Crippen molar-refractivity contribution in [1.82, 2.24) is 19.8 Å². The van der Waals surface area contributed by atoms with Crippen molar-refractivity contribution in [1.29, 1.82) is 0 Å². The first-order chi connectivity index (χ1) is 11.7. The number of hydrogen-bond acceptors (Lipinski definition) is 7. The van der Waals surface area contributed by atoms with Crippen LogP contribution in [0.5, 0.6) is 5.75 Å². The lowest BCUT2D eigenvalue weighted by Crippen LogP contribution is -2.10. The second-order valence-electron chi connectivity index (χ2n) is 4.79. The molecule has 3 heterocycles. The zero-order chi connectivity index (χ0) is 16.5. The Morgan fingerprint density at radius 2 is 2.08 bits per heavy atom. The SMILES string of the molecule is COc1ccc(-c2nnc3sc(NC(=O)c4ccco4)nn23)cc1. The minimum Gasteiger partial charge on any atom is -0.497 e. The summed E-state index contributed by atoms with van der Waals surface area (Å²) in [7, 11) is 1.61. The van der Waals surface area contributed by atoms with Gasteiger partial charge in [-0.05, 0) is 36.4 Å². The van der Waals surface area contributed by atoms with Crippen molar-refractivity contribution in [3.63, 3.8) is 0 Å². The summed E-state index contributed by atoms with van der Waals surface area (Å²) in [6.45, 7) is 0. The molecule has 0 saturated heterocycles. The summed E-state index contributed by atoms with van der Waals surface area (Å²) in [5, 5.41) is 15.7. The number of aromatic nitrogens is 4. The van der Waals surface area contributed by atoms with E-state index in [2.05, 4.69) is 20.6 Å². The van der Waals surface area contributed by atoms with E-state index in [9.17, 15) is 4.79 Å². The van der Waals surface area contributed by atoms with Gasteiger partial charge in [0, 0.05) is 5.56 Å². The first-order valence-electron chi connectivity index (χ1n) is 6.96. The molecule has 9 heteroatoms. The first-order valence-corrected chi connectivity index (χ1v) is 7.78. The lowest BCUT2D eigenvalue weighted by molar-refractivity contribution is 0.0996. The molecule has 0 bridgehead atoms. The van der Waals surface area contributed by atoms with E-state index >= 15 is 0 Å². The Balaban J connectivity index is 1.64. The van der Waals surface area contributed by atoms with Crippen molar-refractivity contribution < 1.29 is 13.9 Å². The van der Waals surface area contributed by atoms with E-state index in [1.54, 1.807) is 23.8 Å². The second-order valence-corrected chi connectivity index (χ2v) is 5.74. The zero-order valence-corrected chi connectivity index (χ0v) is 13.3. The summed E-state index contributed by atoms with van der Waals surface area (Å²) in [5.74, 6) is 1.19. The fourth-order valence-corrected chi connectivity index (χ4v) is 2.89. The van der Waals surface area contributed by atoms with Gasteiger partial charge in [-0.1, -0.05) is 11.3 Å². The largest absolute Gasteiger partial charge is 0.497 e. The van der Waals surface area contributed by atoms with Gasteiger partial charge in [0.1, 0.15) is 5.75 Å². The number of rotatable bonds is 4. The van der Waals surface area contributed by atoms with Gasteiger partial charge < -0.3 is 9.15 Å². The van der Waals surface area contributed by atoms with Crippen LogP contribution in [0.15, 0.2) is 47.1 Å². The highest BCUT2D eigenvalue weighted by atomic mass is 32.1. The van der Waals surface area contributed by atoms with Crippen LogP contribution in [0, 0.1) is 0 Å². The third-order valence-electron chi connectivity index (χ3n) is 3.30. The summed E-state index contributed by atoms with van der Waals surface area (Å²) >= 11 is 1.23. The van der Waals surface area contributed by atoms with Crippen LogP contribution in [-0.4, -0.2) is 32.8 Å². The lowest BCUT2D eigenvalue weighted by atomic mass is 10.2. The van der Waals surface area contributed by atoms with Gasteiger partial charge in [-0.15, -0.1) is 15.3 Å². The normalized spacial score (nSPS) is 10.9. The van der Waals surface area contributed by atoms with Gasteiger partial charge in [0.2, 0.25) is 10.1 Å². The van der Waals surface area contributed by atoms with Crippen molar-refractivity contribution in [2.45, 2.75) is 0 Å². The molecule has 8 nitrogen and oxygen atoms in total. The van der Waals surface area contributed by atoms with Gasteiger partial charge in [-0.2, -0.15) is 4.52 Å². The molecule has 24 heavy (non-hydrogen) atoms. The summed E-state index contributed by atoms with van der Waals surface area (Å²) in [6.07, 6.45) is 1.44. The number of fused-ring (bicyclic) bond motifs is 1. The average molecular weight is 341 g/mol. The van der Waals surface area contributed by atoms with Crippen LogP contribution in [0.3, 0.4) is 0 Å². The molecule has 1 N–H and O–H groups in total. The quantitative estimate of drug-likeness (QED) is 0.613. The Labute approximate surface area is 139 Å². The predicted octanol–water partition coefficient (Wildman–Crippen LogP) is 2.71. The van der Waals surface area contributed by atoms with E-state index in [-0.39, 0.29) is 11.7 Å². The maximum absolute atomic E-state index is 12.0. The maximum Gasteiger partial charge on any atom is 0.293 e. The molecule has 120 valence electrons. The highest BCUT2D eigenvalue weighted by Gasteiger charge is 2.16. The molecule has 4 aromatic rings. The van der Waals surface area contributed by atoms with Crippen LogP contribution in [0.1, 0.15) is 10.6 Å². The third-order valence-corrected chi connectivity index (χ3v) is 4.12. The van der Waals surface area contributed by atoms with Crippen LogP contribution in [0.2, 0.25) is 0 Å². The smallest absolute Gasteiger partial charge is 0.293 e. The zero-order valence-electron chi connectivity index (χ0n) is 12.5. The molecule has 0 aliphatic carbocycles. The topological polar surface area (TPSA) is 94.6 Å². The number of benzene rings is 1. The Morgan fingerprint density at radius 3 is 2.79 bits per heavy atom. The molecule has 0 spiro atoms. The van der Waals surface area contributed by atoms with E-state index < -0.39 is 0 Å². The molecular formula is C15H11N5O3S. The summed E-state index contributed by atoms with van der Waals surface area (Å²) in [4.78, 5) is 12.6. The number of furan rings is 1. The summed E-state index contributed by atoms with van der Waals surface area (Å²) in [6, 6.07) is 10.6. The fourth-order valence-electron chi connectivity index (χ4n) is 2.15. The first kappa shape index (κ1) is 14.4. The number of carbonyl (C=O) groups is 1. The van der Waals surface area contributed by atoms with Crippen LogP contribution < -0.4 is 10.1 Å². The number of nitrogens with one attached hydrogen (secondary N) is 1. The predicted molar refractivity (Wildman–Crippen MR) is 87.3 cm³/mol. The Hall–Kier alpha value is -3.20. The molecule has 4 rings (SSSR count). The van der Waals surface area contributed by atoms with Crippen LogP contribution in [0.25, 0.3) is 16.3 Å². The standard InChI is InChI=1S/C15H11N5O3S/c1-22-10-6-4-9(5-7-10)12-17-18-15-20(12)19-14(24-15)16-13(21)11-3-2-8-23-11/h2-8H,1H3,(H,16,19,21). The number of amides is 1. The van der Waals surface area contributed by atoms with Gasteiger partial charge in [-0.25, -0.2) is 0 Å². The minimum absolute atomic E-state index is 0.219. The second kappa shape index (κ2) is 5.78. The lowest BCUT2D eigenvalue weighted by Gasteiger charge is -2.00. The molecule has 3 aromatic heterocycles. The molecule has 0 radical (unpaired) electrons. The number of carbonyl (C=O) groups excluding carboxylic acids is 1. The number of nitrogens with zero attached hydrogens (tertiary/aromatic N) is 4. The fraction of sp³-hybridized carbons (Fsp3) is 0.0667. The summed E-state index contributed by atoms with van der Waals surface area (Å²) < 4.78 is 11.8. The van der Waals surface area contributed by atoms with Crippen molar-refractivity contribution in [3.05, 3.63) is 48.4 Å². The van der Waals surface area contributed by atoms with Crippen molar-refractivity contribution in [2.75, 3.05) is 12.4 Å². The molecule has 1 aromatic carbocycles. The van der Waals surface area contributed by atoms with Gasteiger partial charge in [0.25, 0.3) is 5.91 Å². The number of hydrogen-bond donors (Lipinski definition) is 1. The van der Waals surface area contributed by atoms with Gasteiger partial charge in [-0.3, -0.25) is 10.1 Å². The number of ether oxygens (including phenoxy) is 1. The van der Waals surface area contributed by atoms with Gasteiger partial charge in [0.15, 0.2) is 11.6 Å². The molecule has 0 atom stereocenters. The van der Waals surface area contributed by atoms with E-state index in [0.717, 1.165) is 11.3 Å².